The van der Waals surface area contributed by atoms with E-state index in [0.717, 1.165) is 37.9 Å². The van der Waals surface area contributed by atoms with Gasteiger partial charge in [-0.3, -0.25) is 0 Å². The molecule has 5 aromatic rings. The molecule has 3 nitrogen and oxygen atoms in total. The number of benzene rings is 3. The largest absolute Gasteiger partial charge is 0.422 e. The minimum absolute atomic E-state index is 0.224. The highest BCUT2D eigenvalue weighted by molar-refractivity contribution is 7.12. The zero-order valence-corrected chi connectivity index (χ0v) is 16.5. The van der Waals surface area contributed by atoms with E-state index < -0.39 is 0 Å². The Morgan fingerprint density at radius 2 is 1.66 bits per heavy atom. The first kappa shape index (κ1) is 16.6. The van der Waals surface area contributed by atoms with Gasteiger partial charge in [0.1, 0.15) is 5.58 Å². The van der Waals surface area contributed by atoms with Crippen LogP contribution in [-0.2, 0) is 0 Å². The summed E-state index contributed by atoms with van der Waals surface area (Å²) < 4.78 is 5.75. The van der Waals surface area contributed by atoms with Crippen LogP contribution in [0.3, 0.4) is 0 Å². The Kier molecular flexibility index (Phi) is 3.46. The van der Waals surface area contributed by atoms with Crippen LogP contribution in [0.1, 0.15) is 21.4 Å². The summed E-state index contributed by atoms with van der Waals surface area (Å²) in [7, 11) is 0. The minimum atomic E-state index is -0.277. The van der Waals surface area contributed by atoms with Gasteiger partial charge in [0.25, 0.3) is 0 Å². The molecule has 1 aliphatic heterocycles. The number of rotatable bonds is 1. The summed E-state index contributed by atoms with van der Waals surface area (Å²) in [6.45, 7) is 2.09. The molecule has 140 valence electrons. The molecule has 1 atom stereocenters. The highest BCUT2D eigenvalue weighted by atomic mass is 32.1. The molecule has 1 N–H and O–H groups in total. The maximum atomic E-state index is 13.2. The average molecular weight is 395 g/mol. The number of aryl methyl sites for hydroxylation is 1. The Balaban J connectivity index is 1.80. The highest BCUT2D eigenvalue weighted by Gasteiger charge is 2.32. The molecule has 0 fully saturated rings. The maximum Gasteiger partial charge on any atom is 0.342 e. The maximum absolute atomic E-state index is 13.2. The van der Waals surface area contributed by atoms with Gasteiger partial charge in [-0.2, -0.15) is 0 Å². The molecule has 0 aliphatic carbocycles. The Bertz CT molecular complexity index is 1480. The van der Waals surface area contributed by atoms with Crippen molar-refractivity contribution in [2.24, 2.45) is 0 Å². The Morgan fingerprint density at radius 3 is 2.48 bits per heavy atom. The fourth-order valence-electron chi connectivity index (χ4n) is 4.41. The first-order chi connectivity index (χ1) is 14.2. The van der Waals surface area contributed by atoms with Crippen LogP contribution in [0.5, 0.6) is 0 Å². The van der Waals surface area contributed by atoms with Crippen LogP contribution in [0, 0.1) is 6.92 Å². The van der Waals surface area contributed by atoms with Crippen molar-refractivity contribution in [3.8, 4) is 11.1 Å². The number of para-hydroxylation sites is 1. The Labute approximate surface area is 171 Å². The van der Waals surface area contributed by atoms with Crippen molar-refractivity contribution in [1.82, 2.24) is 0 Å². The number of thiophene rings is 1. The molecular formula is C25H17NO2S. The highest BCUT2D eigenvalue weighted by Crippen LogP contribution is 2.48. The number of nitrogens with one attached hydrogen (secondary N) is 1. The van der Waals surface area contributed by atoms with Gasteiger partial charge in [-0.25, -0.2) is 4.79 Å². The normalized spacial score (nSPS) is 15.1. The van der Waals surface area contributed by atoms with Crippen molar-refractivity contribution in [2.75, 3.05) is 5.32 Å². The van der Waals surface area contributed by atoms with E-state index in [1.807, 2.05) is 36.4 Å². The molecule has 0 amide bonds. The van der Waals surface area contributed by atoms with E-state index >= 15 is 0 Å². The molecule has 4 heteroatoms. The first-order valence-corrected chi connectivity index (χ1v) is 10.4. The van der Waals surface area contributed by atoms with Crippen molar-refractivity contribution in [2.45, 2.75) is 13.0 Å². The van der Waals surface area contributed by atoms with Crippen molar-refractivity contribution >= 4 is 38.8 Å². The van der Waals surface area contributed by atoms with Gasteiger partial charge < -0.3 is 9.73 Å². The summed E-state index contributed by atoms with van der Waals surface area (Å²) in [4.78, 5) is 15.5. The third-order valence-electron chi connectivity index (χ3n) is 5.66. The second-order valence-electron chi connectivity index (χ2n) is 7.41. The molecular weight excluding hydrogens is 378 g/mol. The zero-order valence-electron chi connectivity index (χ0n) is 15.7. The molecule has 0 radical (unpaired) electrons. The van der Waals surface area contributed by atoms with Gasteiger partial charge in [-0.05, 0) is 42.0 Å². The smallest absolute Gasteiger partial charge is 0.342 e. The summed E-state index contributed by atoms with van der Waals surface area (Å²) in [6.07, 6.45) is 0. The van der Waals surface area contributed by atoms with Gasteiger partial charge in [0.05, 0.1) is 11.6 Å². The van der Waals surface area contributed by atoms with Gasteiger partial charge in [-0.15, -0.1) is 11.3 Å². The third-order valence-corrected chi connectivity index (χ3v) is 6.73. The molecule has 6 rings (SSSR count). The molecule has 0 saturated heterocycles. The van der Waals surface area contributed by atoms with Crippen LogP contribution in [0.25, 0.3) is 32.9 Å². The number of anilines is 1. The summed E-state index contributed by atoms with van der Waals surface area (Å²) in [5.74, 6) is 0. The fourth-order valence-corrected chi connectivity index (χ4v) is 5.35. The first-order valence-electron chi connectivity index (χ1n) is 9.61. The predicted molar refractivity (Wildman–Crippen MR) is 120 cm³/mol. The van der Waals surface area contributed by atoms with E-state index in [4.69, 9.17) is 4.42 Å². The third kappa shape index (κ3) is 2.39. The average Bonchev–Trinajstić information content (AvgIpc) is 3.18. The van der Waals surface area contributed by atoms with Crippen molar-refractivity contribution in [3.05, 3.63) is 98.5 Å². The predicted octanol–water partition coefficient (Wildman–Crippen LogP) is 6.50. The van der Waals surface area contributed by atoms with Crippen molar-refractivity contribution < 1.29 is 4.42 Å². The van der Waals surface area contributed by atoms with Crippen LogP contribution in [0.2, 0.25) is 0 Å². The van der Waals surface area contributed by atoms with Crippen LogP contribution in [0.4, 0.5) is 5.69 Å². The quantitative estimate of drug-likeness (QED) is 0.330. The minimum Gasteiger partial charge on any atom is -0.422 e. The Hall–Kier alpha value is -3.37. The van der Waals surface area contributed by atoms with E-state index in [0.29, 0.717) is 11.1 Å². The summed E-state index contributed by atoms with van der Waals surface area (Å²) in [5.41, 5.74) is 4.14. The second kappa shape index (κ2) is 6.06. The van der Waals surface area contributed by atoms with E-state index in [1.165, 1.54) is 4.88 Å². The zero-order chi connectivity index (χ0) is 19.5. The molecule has 1 aliphatic rings. The van der Waals surface area contributed by atoms with E-state index in [1.54, 1.807) is 11.3 Å². The standard InChI is InChI=1S/C25H17NO2S/c1-14-10-13-20(29-14)24-23-22(17-8-4-5-9-19(17)28-25(23)27)21-16-7-3-2-6-15(16)11-12-18(21)26-24/h2-13,24,26H,1H3. The van der Waals surface area contributed by atoms with Crippen LogP contribution in [0.15, 0.2) is 82.0 Å². The van der Waals surface area contributed by atoms with Gasteiger partial charge >= 0.3 is 5.63 Å². The number of fused-ring (bicyclic) bond motifs is 7. The van der Waals surface area contributed by atoms with Crippen LogP contribution < -0.4 is 10.9 Å². The van der Waals surface area contributed by atoms with Crippen LogP contribution >= 0.6 is 11.3 Å². The molecule has 0 saturated carbocycles. The van der Waals surface area contributed by atoms with E-state index in [-0.39, 0.29) is 11.7 Å². The molecule has 1 unspecified atom stereocenters. The lowest BCUT2D eigenvalue weighted by Crippen LogP contribution is -2.25. The molecule has 2 aromatic heterocycles. The van der Waals surface area contributed by atoms with Crippen molar-refractivity contribution in [3.63, 3.8) is 0 Å². The lowest BCUT2D eigenvalue weighted by atomic mass is 9.85. The van der Waals surface area contributed by atoms with Gasteiger partial charge in [0, 0.05) is 32.0 Å². The SMILES string of the molecule is Cc1ccc(C2Nc3ccc4ccccc4c3-c3c2c(=O)oc2ccccc32)s1. The summed E-state index contributed by atoms with van der Waals surface area (Å²) >= 11 is 1.71. The van der Waals surface area contributed by atoms with Gasteiger partial charge in [0.2, 0.25) is 0 Å². The van der Waals surface area contributed by atoms with E-state index in [9.17, 15) is 4.79 Å². The van der Waals surface area contributed by atoms with Crippen LogP contribution in [-0.4, -0.2) is 0 Å². The monoisotopic (exact) mass is 395 g/mol. The Morgan fingerprint density at radius 1 is 0.862 bits per heavy atom. The molecule has 0 spiro atoms. The molecule has 3 heterocycles. The van der Waals surface area contributed by atoms with E-state index in [2.05, 4.69) is 48.6 Å². The number of hydrogen-bond acceptors (Lipinski definition) is 4. The molecule has 29 heavy (non-hydrogen) atoms. The molecule has 3 aromatic carbocycles. The second-order valence-corrected chi connectivity index (χ2v) is 8.73. The lowest BCUT2D eigenvalue weighted by molar-refractivity contribution is 0.548. The number of hydrogen-bond donors (Lipinski definition) is 1. The van der Waals surface area contributed by atoms with Gasteiger partial charge in [-0.1, -0.05) is 48.5 Å². The fraction of sp³-hybridized carbons (Fsp3) is 0.0800. The van der Waals surface area contributed by atoms with Crippen molar-refractivity contribution in [1.29, 1.82) is 0 Å². The lowest BCUT2D eigenvalue weighted by Gasteiger charge is -2.30. The summed E-state index contributed by atoms with van der Waals surface area (Å²) in [5, 5.41) is 6.89. The van der Waals surface area contributed by atoms with Gasteiger partial charge in [0.15, 0.2) is 0 Å². The molecule has 0 bridgehead atoms. The summed E-state index contributed by atoms with van der Waals surface area (Å²) in [6, 6.07) is 24.4. The topological polar surface area (TPSA) is 42.2 Å².